The van der Waals surface area contributed by atoms with Gasteiger partial charge in [-0.25, -0.2) is 0 Å². The van der Waals surface area contributed by atoms with E-state index in [0.717, 1.165) is 29.7 Å². The Morgan fingerprint density at radius 3 is 2.94 bits per heavy atom. The van der Waals surface area contributed by atoms with Crippen LogP contribution < -0.4 is 4.74 Å². The van der Waals surface area contributed by atoms with Gasteiger partial charge in [0.15, 0.2) is 5.78 Å². The minimum atomic E-state index is 0.134. The molecular formula is C14H16O3. The fourth-order valence-electron chi connectivity index (χ4n) is 1.82. The molecule has 0 spiro atoms. The number of carbonyl (C=O) groups excluding carboxylic acids is 1. The van der Waals surface area contributed by atoms with E-state index in [1.165, 1.54) is 0 Å². The van der Waals surface area contributed by atoms with E-state index in [1.807, 2.05) is 24.3 Å². The Balaban J connectivity index is 1.99. The zero-order chi connectivity index (χ0) is 12.1. The molecule has 0 bridgehead atoms. The molecule has 0 amide bonds. The van der Waals surface area contributed by atoms with E-state index < -0.39 is 0 Å². The van der Waals surface area contributed by atoms with Crippen molar-refractivity contribution in [1.82, 2.24) is 0 Å². The van der Waals surface area contributed by atoms with Crippen LogP contribution in [-0.4, -0.2) is 24.1 Å². The Bertz CT molecular complexity index is 435. The van der Waals surface area contributed by atoms with E-state index in [4.69, 9.17) is 9.84 Å². The van der Waals surface area contributed by atoms with Crippen LogP contribution in [0.3, 0.4) is 0 Å². The second-order valence-electron chi connectivity index (χ2n) is 4.12. The molecule has 0 saturated carbocycles. The molecule has 0 heterocycles. The average Bonchev–Trinajstić information content (AvgIpc) is 2.34. The Kier molecular flexibility index (Phi) is 3.94. The predicted molar refractivity (Wildman–Crippen MR) is 66.0 cm³/mol. The first-order valence-electron chi connectivity index (χ1n) is 5.87. The molecule has 0 fully saturated rings. The lowest BCUT2D eigenvalue weighted by atomic mass is 9.96. The highest BCUT2D eigenvalue weighted by Crippen LogP contribution is 2.23. The summed E-state index contributed by atoms with van der Waals surface area (Å²) in [4.78, 5) is 11.3. The minimum absolute atomic E-state index is 0.134. The van der Waals surface area contributed by atoms with Crippen LogP contribution in [0.25, 0.3) is 6.08 Å². The molecule has 0 saturated heterocycles. The third-order valence-electron chi connectivity index (χ3n) is 2.75. The maximum absolute atomic E-state index is 11.3. The highest BCUT2D eigenvalue weighted by atomic mass is 16.5. The van der Waals surface area contributed by atoms with Crippen molar-refractivity contribution >= 4 is 11.9 Å². The van der Waals surface area contributed by atoms with Gasteiger partial charge in [-0.2, -0.15) is 0 Å². The molecule has 1 aromatic carbocycles. The number of rotatable bonds is 5. The van der Waals surface area contributed by atoms with Crippen LogP contribution in [0.15, 0.2) is 24.3 Å². The number of benzene rings is 1. The number of fused-ring (bicyclic) bond motifs is 1. The fourth-order valence-corrected chi connectivity index (χ4v) is 1.82. The van der Waals surface area contributed by atoms with E-state index in [2.05, 4.69) is 0 Å². The number of ketones is 1. The Hall–Kier alpha value is -1.61. The number of aliphatic hydroxyl groups excluding tert-OH is 1. The first-order chi connectivity index (χ1) is 8.29. The van der Waals surface area contributed by atoms with Crippen molar-refractivity contribution < 1.29 is 14.6 Å². The molecule has 17 heavy (non-hydrogen) atoms. The first-order valence-corrected chi connectivity index (χ1v) is 5.87. The number of hydrogen-bond acceptors (Lipinski definition) is 3. The summed E-state index contributed by atoms with van der Waals surface area (Å²) in [7, 11) is 0. The zero-order valence-corrected chi connectivity index (χ0v) is 9.69. The van der Waals surface area contributed by atoms with Crippen molar-refractivity contribution in [2.75, 3.05) is 13.2 Å². The Morgan fingerprint density at radius 1 is 1.24 bits per heavy atom. The third kappa shape index (κ3) is 3.17. The summed E-state index contributed by atoms with van der Waals surface area (Å²) in [5.41, 5.74) is 2.12. The molecule has 3 nitrogen and oxygen atoms in total. The molecule has 90 valence electrons. The van der Waals surface area contributed by atoms with Gasteiger partial charge in [0, 0.05) is 13.0 Å². The van der Waals surface area contributed by atoms with Crippen LogP contribution in [0.2, 0.25) is 0 Å². The largest absolute Gasteiger partial charge is 0.494 e. The lowest BCUT2D eigenvalue weighted by molar-refractivity contribution is -0.114. The van der Waals surface area contributed by atoms with Gasteiger partial charge < -0.3 is 9.84 Å². The lowest BCUT2D eigenvalue weighted by Crippen LogP contribution is -2.06. The number of hydrogen-bond donors (Lipinski definition) is 1. The summed E-state index contributed by atoms with van der Waals surface area (Å²) in [5, 5.41) is 8.65. The molecule has 0 aliphatic heterocycles. The number of ether oxygens (including phenoxy) is 1. The van der Waals surface area contributed by atoms with Crippen molar-refractivity contribution in [3.05, 3.63) is 35.4 Å². The fraction of sp³-hybridized carbons (Fsp3) is 0.357. The monoisotopic (exact) mass is 232 g/mol. The molecule has 0 aromatic heterocycles. The molecular weight excluding hydrogens is 216 g/mol. The Labute approximate surface area is 101 Å². The van der Waals surface area contributed by atoms with Crippen LogP contribution in [-0.2, 0) is 11.2 Å². The highest BCUT2D eigenvalue weighted by molar-refractivity contribution is 5.98. The number of carbonyl (C=O) groups is 1. The van der Waals surface area contributed by atoms with E-state index in [0.29, 0.717) is 13.0 Å². The molecule has 1 aromatic rings. The van der Waals surface area contributed by atoms with Gasteiger partial charge in [0.05, 0.1) is 6.61 Å². The normalized spacial score (nSPS) is 13.6. The van der Waals surface area contributed by atoms with Crippen LogP contribution in [0, 0.1) is 0 Å². The van der Waals surface area contributed by atoms with Gasteiger partial charge in [-0.05, 0) is 42.2 Å². The van der Waals surface area contributed by atoms with Crippen molar-refractivity contribution in [3.8, 4) is 5.75 Å². The predicted octanol–water partition coefficient (Wildman–Crippen LogP) is 1.98. The van der Waals surface area contributed by atoms with E-state index in [1.54, 1.807) is 6.08 Å². The summed E-state index contributed by atoms with van der Waals surface area (Å²) in [6.07, 6.45) is 5.51. The summed E-state index contributed by atoms with van der Waals surface area (Å²) >= 11 is 0. The number of aliphatic hydroxyl groups is 1. The van der Waals surface area contributed by atoms with Crippen molar-refractivity contribution in [3.63, 3.8) is 0 Å². The van der Waals surface area contributed by atoms with Crippen LogP contribution in [0.5, 0.6) is 5.75 Å². The molecule has 0 radical (unpaired) electrons. The van der Waals surface area contributed by atoms with Gasteiger partial charge in [0.1, 0.15) is 5.75 Å². The van der Waals surface area contributed by atoms with Gasteiger partial charge >= 0.3 is 0 Å². The maximum atomic E-state index is 11.3. The highest BCUT2D eigenvalue weighted by Gasteiger charge is 2.10. The van der Waals surface area contributed by atoms with Gasteiger partial charge in [-0.15, -0.1) is 0 Å². The molecule has 0 atom stereocenters. The number of unbranched alkanes of at least 4 members (excludes halogenated alkanes) is 1. The van der Waals surface area contributed by atoms with Gasteiger partial charge in [0.25, 0.3) is 0 Å². The van der Waals surface area contributed by atoms with Crippen molar-refractivity contribution in [2.45, 2.75) is 19.3 Å². The summed E-state index contributed by atoms with van der Waals surface area (Å²) in [5.74, 6) is 0.930. The second-order valence-corrected chi connectivity index (χ2v) is 4.12. The average molecular weight is 232 g/mol. The maximum Gasteiger partial charge on any atom is 0.160 e. The van der Waals surface area contributed by atoms with E-state index in [9.17, 15) is 4.79 Å². The topological polar surface area (TPSA) is 46.5 Å². The molecule has 1 N–H and O–H groups in total. The van der Waals surface area contributed by atoms with Crippen LogP contribution >= 0.6 is 0 Å². The van der Waals surface area contributed by atoms with Crippen molar-refractivity contribution in [2.24, 2.45) is 0 Å². The third-order valence-corrected chi connectivity index (χ3v) is 2.75. The Morgan fingerprint density at radius 2 is 2.12 bits per heavy atom. The summed E-state index contributed by atoms with van der Waals surface area (Å²) in [6, 6.07) is 5.81. The van der Waals surface area contributed by atoms with Gasteiger partial charge in [-0.3, -0.25) is 4.79 Å². The van der Waals surface area contributed by atoms with Gasteiger partial charge in [0.2, 0.25) is 0 Å². The first kappa shape index (κ1) is 11.9. The smallest absolute Gasteiger partial charge is 0.160 e. The standard InChI is InChI=1S/C14H16O3/c15-7-1-2-8-17-14-6-4-11-3-5-13(16)9-12(11)10-14/h3-6,10,15H,1-2,7-9H2. The molecule has 3 heteroatoms. The minimum Gasteiger partial charge on any atom is -0.494 e. The molecule has 1 aliphatic rings. The summed E-state index contributed by atoms with van der Waals surface area (Å²) in [6.45, 7) is 0.802. The van der Waals surface area contributed by atoms with E-state index in [-0.39, 0.29) is 12.4 Å². The van der Waals surface area contributed by atoms with Crippen LogP contribution in [0.1, 0.15) is 24.0 Å². The number of allylic oxidation sites excluding steroid dienone is 1. The summed E-state index contributed by atoms with van der Waals surface area (Å²) < 4.78 is 5.56. The lowest BCUT2D eigenvalue weighted by Gasteiger charge is -2.12. The quantitative estimate of drug-likeness (QED) is 0.789. The molecule has 1 aliphatic carbocycles. The van der Waals surface area contributed by atoms with Crippen LogP contribution in [0.4, 0.5) is 0 Å². The molecule has 0 unspecified atom stereocenters. The zero-order valence-electron chi connectivity index (χ0n) is 9.69. The van der Waals surface area contributed by atoms with Crippen molar-refractivity contribution in [1.29, 1.82) is 0 Å². The second kappa shape index (κ2) is 5.64. The SMILES string of the molecule is O=C1C=Cc2ccc(OCCCCO)cc2C1. The molecule has 2 rings (SSSR count). The van der Waals surface area contributed by atoms with E-state index >= 15 is 0 Å². The van der Waals surface area contributed by atoms with Gasteiger partial charge in [-0.1, -0.05) is 12.1 Å².